The summed E-state index contributed by atoms with van der Waals surface area (Å²) in [5.41, 5.74) is 1.37. The molecule has 0 aliphatic carbocycles. The lowest BCUT2D eigenvalue weighted by molar-refractivity contribution is 0.465. The molecular formula is C10H11NO. The maximum atomic E-state index is 9.45. The summed E-state index contributed by atoms with van der Waals surface area (Å²) in [7, 11) is 0. The molecule has 0 aliphatic rings. The van der Waals surface area contributed by atoms with E-state index in [-0.39, 0.29) is 5.75 Å². The summed E-state index contributed by atoms with van der Waals surface area (Å²) in [5.74, 6) is 0.517. The van der Waals surface area contributed by atoms with Gasteiger partial charge < -0.3 is 5.11 Å². The lowest BCUT2D eigenvalue weighted by Gasteiger charge is -2.07. The number of hydrogen-bond acceptors (Lipinski definition) is 1. The molecule has 0 aliphatic heterocycles. The highest BCUT2D eigenvalue weighted by Crippen LogP contribution is 2.29. The fourth-order valence-electron chi connectivity index (χ4n) is 1.09. The fourth-order valence-corrected chi connectivity index (χ4v) is 1.09. The van der Waals surface area contributed by atoms with Crippen LogP contribution in [0.5, 0.6) is 5.75 Å². The largest absolute Gasteiger partial charge is 0.509 e. The van der Waals surface area contributed by atoms with Gasteiger partial charge in [-0.3, -0.25) is 0 Å². The Balaban J connectivity index is 3.14. The van der Waals surface area contributed by atoms with Gasteiger partial charge in [0.15, 0.2) is 5.69 Å². The molecule has 12 heavy (non-hydrogen) atoms. The lowest BCUT2D eigenvalue weighted by atomic mass is 10.0. The van der Waals surface area contributed by atoms with Gasteiger partial charge >= 0.3 is 0 Å². The second-order valence-corrected chi connectivity index (χ2v) is 3.01. The molecule has 0 unspecified atom stereocenters. The predicted octanol–water partition coefficient (Wildman–Crippen LogP) is 3.07. The highest BCUT2D eigenvalue weighted by Gasteiger charge is 2.05. The minimum Gasteiger partial charge on any atom is -0.509 e. The molecule has 2 nitrogen and oxygen atoms in total. The SMILES string of the molecule is [C-]#[N+]c1ccc(C(C)C)c(O)c1. The van der Waals surface area contributed by atoms with Gasteiger partial charge in [0.1, 0.15) is 5.75 Å². The van der Waals surface area contributed by atoms with E-state index in [0.29, 0.717) is 11.6 Å². The standard InChI is InChI=1S/C10H11NO/c1-7(2)9-5-4-8(11-3)6-10(9)12/h4-7,12H,1-2H3. The van der Waals surface area contributed by atoms with Crippen LogP contribution in [-0.4, -0.2) is 5.11 Å². The summed E-state index contributed by atoms with van der Waals surface area (Å²) in [4.78, 5) is 3.22. The van der Waals surface area contributed by atoms with Gasteiger partial charge in [-0.25, -0.2) is 4.85 Å². The highest BCUT2D eigenvalue weighted by atomic mass is 16.3. The molecule has 0 bridgehead atoms. The van der Waals surface area contributed by atoms with Gasteiger partial charge in [0.05, 0.1) is 6.57 Å². The van der Waals surface area contributed by atoms with E-state index in [1.807, 2.05) is 13.8 Å². The summed E-state index contributed by atoms with van der Waals surface area (Å²) < 4.78 is 0. The van der Waals surface area contributed by atoms with Crippen molar-refractivity contribution in [1.82, 2.24) is 0 Å². The van der Waals surface area contributed by atoms with Crippen LogP contribution in [0.3, 0.4) is 0 Å². The molecule has 0 heterocycles. The van der Waals surface area contributed by atoms with Gasteiger partial charge in [0.2, 0.25) is 0 Å². The zero-order chi connectivity index (χ0) is 9.14. The average molecular weight is 161 g/mol. The number of phenols is 1. The Morgan fingerprint density at radius 3 is 2.50 bits per heavy atom. The Hall–Kier alpha value is -1.49. The first-order chi connectivity index (χ1) is 5.65. The van der Waals surface area contributed by atoms with Crippen molar-refractivity contribution >= 4 is 5.69 Å². The molecule has 2 heteroatoms. The molecule has 1 N–H and O–H groups in total. The quantitative estimate of drug-likeness (QED) is 0.629. The third-order valence-corrected chi connectivity index (χ3v) is 1.77. The van der Waals surface area contributed by atoms with Crippen molar-refractivity contribution in [3.8, 4) is 5.75 Å². The highest BCUT2D eigenvalue weighted by molar-refractivity contribution is 5.52. The van der Waals surface area contributed by atoms with Crippen molar-refractivity contribution in [3.63, 3.8) is 0 Å². The van der Waals surface area contributed by atoms with Crippen molar-refractivity contribution in [1.29, 1.82) is 0 Å². The molecule has 0 fully saturated rings. The number of nitrogens with zero attached hydrogens (tertiary/aromatic N) is 1. The Labute approximate surface area is 72.3 Å². The Kier molecular flexibility index (Phi) is 2.35. The Bertz CT molecular complexity index is 323. The van der Waals surface area contributed by atoms with E-state index in [2.05, 4.69) is 4.85 Å². The van der Waals surface area contributed by atoms with Crippen molar-refractivity contribution in [2.75, 3.05) is 0 Å². The van der Waals surface area contributed by atoms with Gasteiger partial charge in [0.25, 0.3) is 0 Å². The van der Waals surface area contributed by atoms with E-state index in [1.54, 1.807) is 12.1 Å². The normalized spacial score (nSPS) is 9.83. The molecule has 0 amide bonds. The molecule has 1 aromatic carbocycles. The lowest BCUT2D eigenvalue weighted by Crippen LogP contribution is -1.86. The molecule has 62 valence electrons. The number of benzene rings is 1. The van der Waals surface area contributed by atoms with Crippen molar-refractivity contribution in [3.05, 3.63) is 35.2 Å². The third kappa shape index (κ3) is 1.57. The van der Waals surface area contributed by atoms with E-state index in [4.69, 9.17) is 6.57 Å². The molecule has 0 spiro atoms. The third-order valence-electron chi connectivity index (χ3n) is 1.77. The van der Waals surface area contributed by atoms with Crippen LogP contribution in [0.25, 0.3) is 4.85 Å². The van der Waals surface area contributed by atoms with Crippen LogP contribution < -0.4 is 0 Å². The molecule has 1 rings (SSSR count). The van der Waals surface area contributed by atoms with E-state index in [0.717, 1.165) is 5.56 Å². The number of hydrogen-bond donors (Lipinski definition) is 1. The molecule has 0 aromatic heterocycles. The number of phenolic OH excluding ortho intramolecular Hbond substituents is 1. The minimum atomic E-state index is 0.221. The summed E-state index contributed by atoms with van der Waals surface area (Å²) in [6, 6.07) is 5.03. The fraction of sp³-hybridized carbons (Fsp3) is 0.300. The van der Waals surface area contributed by atoms with Crippen LogP contribution in [0.4, 0.5) is 5.69 Å². The van der Waals surface area contributed by atoms with E-state index in [9.17, 15) is 5.11 Å². The van der Waals surface area contributed by atoms with Gasteiger partial charge in [0, 0.05) is 0 Å². The Morgan fingerprint density at radius 2 is 2.08 bits per heavy atom. The smallest absolute Gasteiger partial charge is 0.190 e. The van der Waals surface area contributed by atoms with E-state index < -0.39 is 0 Å². The average Bonchev–Trinajstić information content (AvgIpc) is 2.03. The maximum absolute atomic E-state index is 9.45. The van der Waals surface area contributed by atoms with Crippen LogP contribution in [0.2, 0.25) is 0 Å². The predicted molar refractivity (Wildman–Crippen MR) is 48.5 cm³/mol. The number of aromatic hydroxyl groups is 1. The second kappa shape index (κ2) is 3.27. The molecule has 1 aromatic rings. The summed E-state index contributed by atoms with van der Waals surface area (Å²) >= 11 is 0. The first kappa shape index (κ1) is 8.61. The van der Waals surface area contributed by atoms with Crippen LogP contribution in [-0.2, 0) is 0 Å². The van der Waals surface area contributed by atoms with Crippen LogP contribution in [0.15, 0.2) is 18.2 Å². The molecule has 0 radical (unpaired) electrons. The molecule has 0 saturated heterocycles. The maximum Gasteiger partial charge on any atom is 0.190 e. The van der Waals surface area contributed by atoms with Crippen LogP contribution in [0.1, 0.15) is 25.3 Å². The molecule has 0 atom stereocenters. The van der Waals surface area contributed by atoms with Crippen molar-refractivity contribution in [2.45, 2.75) is 19.8 Å². The zero-order valence-corrected chi connectivity index (χ0v) is 7.20. The topological polar surface area (TPSA) is 24.6 Å². The summed E-state index contributed by atoms with van der Waals surface area (Å²) in [5, 5.41) is 9.45. The summed E-state index contributed by atoms with van der Waals surface area (Å²) in [6.45, 7) is 10.7. The van der Waals surface area contributed by atoms with Crippen molar-refractivity contribution in [2.24, 2.45) is 0 Å². The van der Waals surface area contributed by atoms with E-state index >= 15 is 0 Å². The first-order valence-electron chi connectivity index (χ1n) is 3.85. The number of rotatable bonds is 1. The van der Waals surface area contributed by atoms with Gasteiger partial charge in [-0.1, -0.05) is 26.0 Å². The van der Waals surface area contributed by atoms with E-state index in [1.165, 1.54) is 6.07 Å². The zero-order valence-electron chi connectivity index (χ0n) is 7.20. The first-order valence-corrected chi connectivity index (χ1v) is 3.85. The monoisotopic (exact) mass is 161 g/mol. The van der Waals surface area contributed by atoms with Crippen LogP contribution in [0, 0.1) is 6.57 Å². The second-order valence-electron chi connectivity index (χ2n) is 3.01. The summed E-state index contributed by atoms with van der Waals surface area (Å²) in [6.07, 6.45) is 0. The van der Waals surface area contributed by atoms with Gasteiger partial charge in [-0.2, -0.15) is 0 Å². The Morgan fingerprint density at radius 1 is 1.42 bits per heavy atom. The molecular weight excluding hydrogens is 150 g/mol. The van der Waals surface area contributed by atoms with Crippen LogP contribution >= 0.6 is 0 Å². The van der Waals surface area contributed by atoms with Gasteiger partial charge in [-0.15, -0.1) is 0 Å². The minimum absolute atomic E-state index is 0.221. The van der Waals surface area contributed by atoms with Crippen molar-refractivity contribution < 1.29 is 5.11 Å². The molecule has 0 saturated carbocycles. The van der Waals surface area contributed by atoms with Gasteiger partial charge in [-0.05, 0) is 17.5 Å².